The Kier molecular flexibility index (Phi) is 3.89. The third-order valence-electron chi connectivity index (χ3n) is 4.21. The van der Waals surface area contributed by atoms with Gasteiger partial charge in [0.25, 0.3) is 5.91 Å². The van der Waals surface area contributed by atoms with E-state index < -0.39 is 0 Å². The average Bonchev–Trinajstić information content (AvgIpc) is 3.11. The Bertz CT molecular complexity index is 888. The summed E-state index contributed by atoms with van der Waals surface area (Å²) in [5.41, 5.74) is 1.47. The Labute approximate surface area is 144 Å². The number of benzene rings is 1. The Morgan fingerprint density at radius 3 is 2.80 bits per heavy atom. The first-order valence-electron chi connectivity index (χ1n) is 7.92. The zero-order chi connectivity index (χ0) is 17.2. The van der Waals surface area contributed by atoms with Crippen molar-refractivity contribution in [3.63, 3.8) is 0 Å². The number of nitrogens with zero attached hydrogens (tertiary/aromatic N) is 4. The first-order chi connectivity index (χ1) is 12.2. The Morgan fingerprint density at radius 1 is 1.24 bits per heavy atom. The summed E-state index contributed by atoms with van der Waals surface area (Å²) in [6, 6.07) is 10.8. The van der Waals surface area contributed by atoms with Gasteiger partial charge in [-0.25, -0.2) is 0 Å². The molecule has 1 amide bonds. The SMILES string of the molecule is COc1cccc(C(=O)N2CC(c3nc(-c4ccncc4)no3)C2)c1. The summed E-state index contributed by atoms with van der Waals surface area (Å²) in [7, 11) is 1.58. The number of aromatic nitrogens is 3. The van der Waals surface area contributed by atoms with E-state index in [4.69, 9.17) is 9.26 Å². The highest BCUT2D eigenvalue weighted by molar-refractivity contribution is 5.95. The molecule has 2 aromatic heterocycles. The maximum absolute atomic E-state index is 12.5. The molecule has 0 aliphatic carbocycles. The lowest BCUT2D eigenvalue weighted by molar-refractivity contribution is 0.0569. The topological polar surface area (TPSA) is 81.4 Å². The molecule has 0 atom stereocenters. The molecule has 7 heteroatoms. The largest absolute Gasteiger partial charge is 0.497 e. The molecule has 0 radical (unpaired) electrons. The summed E-state index contributed by atoms with van der Waals surface area (Å²) >= 11 is 0. The molecule has 0 bridgehead atoms. The monoisotopic (exact) mass is 336 g/mol. The standard InChI is InChI=1S/C18H16N4O3/c1-24-15-4-2-3-13(9-15)18(23)22-10-14(11-22)17-20-16(21-25-17)12-5-7-19-8-6-12/h2-9,14H,10-11H2,1H3. The lowest BCUT2D eigenvalue weighted by Gasteiger charge is -2.37. The minimum atomic E-state index is -0.0241. The van der Waals surface area contributed by atoms with Crippen LogP contribution in [0.25, 0.3) is 11.4 Å². The average molecular weight is 336 g/mol. The van der Waals surface area contributed by atoms with Gasteiger partial charge in [-0.15, -0.1) is 0 Å². The van der Waals surface area contributed by atoms with Crippen molar-refractivity contribution in [1.82, 2.24) is 20.0 Å². The van der Waals surface area contributed by atoms with Gasteiger partial charge >= 0.3 is 0 Å². The van der Waals surface area contributed by atoms with Gasteiger partial charge in [-0.3, -0.25) is 9.78 Å². The maximum atomic E-state index is 12.5. The third kappa shape index (κ3) is 2.96. The van der Waals surface area contributed by atoms with Crippen molar-refractivity contribution in [1.29, 1.82) is 0 Å². The van der Waals surface area contributed by atoms with Crippen LogP contribution in [0.4, 0.5) is 0 Å². The molecule has 0 unspecified atom stereocenters. The van der Waals surface area contributed by atoms with Gasteiger partial charge < -0.3 is 14.2 Å². The van der Waals surface area contributed by atoms with E-state index in [0.29, 0.717) is 36.1 Å². The third-order valence-corrected chi connectivity index (χ3v) is 4.21. The zero-order valence-electron chi connectivity index (χ0n) is 13.6. The molecule has 1 aliphatic rings. The Morgan fingerprint density at radius 2 is 2.04 bits per heavy atom. The highest BCUT2D eigenvalue weighted by Gasteiger charge is 2.36. The molecular weight excluding hydrogens is 320 g/mol. The highest BCUT2D eigenvalue weighted by Crippen LogP contribution is 2.29. The predicted octanol–water partition coefficient (Wildman–Crippen LogP) is 2.38. The van der Waals surface area contributed by atoms with Crippen LogP contribution in [0.1, 0.15) is 22.2 Å². The van der Waals surface area contributed by atoms with E-state index in [1.54, 1.807) is 36.5 Å². The summed E-state index contributed by atoms with van der Waals surface area (Å²) in [5.74, 6) is 1.81. The first kappa shape index (κ1) is 15.3. The fourth-order valence-electron chi connectivity index (χ4n) is 2.76. The van der Waals surface area contributed by atoms with Gasteiger partial charge in [-0.1, -0.05) is 11.2 Å². The van der Waals surface area contributed by atoms with E-state index >= 15 is 0 Å². The van der Waals surface area contributed by atoms with Gasteiger partial charge in [0, 0.05) is 36.6 Å². The molecular formula is C18H16N4O3. The van der Waals surface area contributed by atoms with Crippen LogP contribution in [0.3, 0.4) is 0 Å². The van der Waals surface area contributed by atoms with Gasteiger partial charge in [-0.2, -0.15) is 4.98 Å². The number of methoxy groups -OCH3 is 1. The van der Waals surface area contributed by atoms with E-state index in [-0.39, 0.29) is 11.8 Å². The molecule has 1 aliphatic heterocycles. The van der Waals surface area contributed by atoms with Gasteiger partial charge in [0.2, 0.25) is 11.7 Å². The van der Waals surface area contributed by atoms with E-state index in [1.165, 1.54) is 0 Å². The second kappa shape index (κ2) is 6.35. The summed E-state index contributed by atoms with van der Waals surface area (Å²) in [5, 5.41) is 4.01. The molecule has 0 spiro atoms. The number of ether oxygens (including phenoxy) is 1. The minimum Gasteiger partial charge on any atom is -0.497 e. The van der Waals surface area contributed by atoms with Crippen LogP contribution >= 0.6 is 0 Å². The van der Waals surface area contributed by atoms with Crippen LogP contribution in [0, 0.1) is 0 Å². The van der Waals surface area contributed by atoms with Gasteiger partial charge in [0.15, 0.2) is 0 Å². The molecule has 1 aromatic carbocycles. The van der Waals surface area contributed by atoms with Gasteiger partial charge in [-0.05, 0) is 30.3 Å². The lowest BCUT2D eigenvalue weighted by Crippen LogP contribution is -2.48. The van der Waals surface area contributed by atoms with Crippen LogP contribution in [0.2, 0.25) is 0 Å². The fraction of sp³-hybridized carbons (Fsp3) is 0.222. The number of carbonyl (C=O) groups excluding carboxylic acids is 1. The highest BCUT2D eigenvalue weighted by atomic mass is 16.5. The molecule has 3 heterocycles. The van der Waals surface area contributed by atoms with E-state index in [9.17, 15) is 4.79 Å². The van der Waals surface area contributed by atoms with Gasteiger partial charge in [0.05, 0.1) is 13.0 Å². The number of pyridine rings is 1. The smallest absolute Gasteiger partial charge is 0.254 e. The van der Waals surface area contributed by atoms with Crippen molar-refractivity contribution < 1.29 is 14.1 Å². The first-order valence-corrected chi connectivity index (χ1v) is 7.92. The van der Waals surface area contributed by atoms with Gasteiger partial charge in [0.1, 0.15) is 5.75 Å². The lowest BCUT2D eigenvalue weighted by atomic mass is 9.98. The molecule has 0 saturated carbocycles. The van der Waals surface area contributed by atoms with E-state index in [1.807, 2.05) is 24.3 Å². The molecule has 0 N–H and O–H groups in total. The molecule has 4 rings (SSSR count). The summed E-state index contributed by atoms with van der Waals surface area (Å²) in [4.78, 5) is 22.7. The van der Waals surface area contributed by atoms with E-state index in [2.05, 4.69) is 15.1 Å². The molecule has 1 fully saturated rings. The van der Waals surface area contributed by atoms with E-state index in [0.717, 1.165) is 5.56 Å². The maximum Gasteiger partial charge on any atom is 0.254 e. The summed E-state index contributed by atoms with van der Waals surface area (Å²) < 4.78 is 10.5. The molecule has 126 valence electrons. The number of amides is 1. The van der Waals surface area contributed by atoms with Crippen LogP contribution in [-0.4, -0.2) is 46.1 Å². The normalized spacial score (nSPS) is 14.2. The molecule has 25 heavy (non-hydrogen) atoms. The Balaban J connectivity index is 1.42. The van der Waals surface area contributed by atoms with Crippen molar-refractivity contribution in [2.24, 2.45) is 0 Å². The zero-order valence-corrected chi connectivity index (χ0v) is 13.6. The number of carbonyl (C=O) groups is 1. The fourth-order valence-corrected chi connectivity index (χ4v) is 2.76. The van der Waals surface area contributed by atoms with Crippen molar-refractivity contribution in [2.75, 3.05) is 20.2 Å². The number of hydrogen-bond acceptors (Lipinski definition) is 6. The van der Waals surface area contributed by atoms with Crippen molar-refractivity contribution in [3.05, 3.63) is 60.2 Å². The number of rotatable bonds is 4. The van der Waals surface area contributed by atoms with Crippen molar-refractivity contribution >= 4 is 5.91 Å². The van der Waals surface area contributed by atoms with Crippen LogP contribution in [0.5, 0.6) is 5.75 Å². The number of hydrogen-bond donors (Lipinski definition) is 0. The van der Waals surface area contributed by atoms with Crippen LogP contribution < -0.4 is 4.74 Å². The molecule has 1 saturated heterocycles. The molecule has 7 nitrogen and oxygen atoms in total. The predicted molar refractivity (Wildman–Crippen MR) is 89.2 cm³/mol. The van der Waals surface area contributed by atoms with Crippen LogP contribution in [0.15, 0.2) is 53.3 Å². The summed E-state index contributed by atoms with van der Waals surface area (Å²) in [6.07, 6.45) is 3.37. The van der Waals surface area contributed by atoms with Crippen molar-refractivity contribution in [3.8, 4) is 17.1 Å². The van der Waals surface area contributed by atoms with Crippen molar-refractivity contribution in [2.45, 2.75) is 5.92 Å². The summed E-state index contributed by atoms with van der Waals surface area (Å²) in [6.45, 7) is 1.13. The quantitative estimate of drug-likeness (QED) is 0.727. The van der Waals surface area contributed by atoms with Crippen LogP contribution in [-0.2, 0) is 0 Å². The minimum absolute atomic E-state index is 0.0241. The second-order valence-corrected chi connectivity index (χ2v) is 5.83. The Hall–Kier alpha value is -3.22. The molecule has 3 aromatic rings. The number of likely N-dealkylation sites (tertiary alicyclic amines) is 1. The second-order valence-electron chi connectivity index (χ2n) is 5.83.